The molecule has 162 valence electrons. The lowest BCUT2D eigenvalue weighted by atomic mass is 9.79. The van der Waals surface area contributed by atoms with Crippen molar-refractivity contribution in [2.45, 2.75) is 52.1 Å². The minimum atomic E-state index is 0.0635. The van der Waals surface area contributed by atoms with Crippen LogP contribution >= 0.6 is 0 Å². The lowest BCUT2D eigenvalue weighted by molar-refractivity contribution is -0.117. The van der Waals surface area contributed by atoms with Crippen LogP contribution in [-0.2, 0) is 9.53 Å². The molecule has 3 heterocycles. The molecule has 1 aromatic carbocycles. The smallest absolute Gasteiger partial charge is 0.224 e. The van der Waals surface area contributed by atoms with Gasteiger partial charge in [0.15, 0.2) is 0 Å². The Labute approximate surface area is 183 Å². The highest BCUT2D eigenvalue weighted by Crippen LogP contribution is 2.50. The van der Waals surface area contributed by atoms with Gasteiger partial charge in [0, 0.05) is 24.6 Å². The third kappa shape index (κ3) is 3.85. The van der Waals surface area contributed by atoms with Gasteiger partial charge in [0.05, 0.1) is 37.3 Å². The number of anilines is 2. The molecule has 1 aromatic heterocycles. The number of hydrogen-bond acceptors (Lipinski definition) is 5. The first-order chi connectivity index (χ1) is 15.0. The number of amides is 1. The van der Waals surface area contributed by atoms with E-state index in [0.717, 1.165) is 35.8 Å². The SMILES string of the molecule is CC(=O)N1c2ccc(C3=CCOCC3)cc2C(Nc2cnc(C)cn2)[C@@H](C)[C@@H]1C1CC1. The monoisotopic (exact) mass is 418 g/mol. The van der Waals surface area contributed by atoms with E-state index in [1.165, 1.54) is 24.0 Å². The molecule has 3 atom stereocenters. The van der Waals surface area contributed by atoms with E-state index in [4.69, 9.17) is 4.74 Å². The highest BCUT2D eigenvalue weighted by Gasteiger charge is 2.47. The van der Waals surface area contributed by atoms with Crippen LogP contribution in [-0.4, -0.2) is 35.1 Å². The number of benzene rings is 1. The van der Waals surface area contributed by atoms with Crippen LogP contribution < -0.4 is 10.2 Å². The Morgan fingerprint density at radius 1 is 1.23 bits per heavy atom. The van der Waals surface area contributed by atoms with Gasteiger partial charge in [-0.3, -0.25) is 9.78 Å². The summed E-state index contributed by atoms with van der Waals surface area (Å²) in [7, 11) is 0. The van der Waals surface area contributed by atoms with Crippen molar-refractivity contribution in [2.24, 2.45) is 11.8 Å². The fourth-order valence-electron chi connectivity index (χ4n) is 5.18. The van der Waals surface area contributed by atoms with Gasteiger partial charge in [-0.2, -0.15) is 0 Å². The zero-order valence-corrected chi connectivity index (χ0v) is 18.5. The first kappa shape index (κ1) is 20.2. The summed E-state index contributed by atoms with van der Waals surface area (Å²) >= 11 is 0. The molecule has 0 bridgehead atoms. The van der Waals surface area contributed by atoms with Crippen molar-refractivity contribution in [3.05, 3.63) is 53.5 Å². The standard InChI is InChI=1S/C25H30N4O2/c1-15-13-27-23(14-26-15)28-24-16(2)25(19-4-5-19)29(17(3)30)22-7-6-20(12-21(22)24)18-8-10-31-11-9-18/h6-8,12-14,16,19,24-25H,4-5,9-11H2,1-3H3,(H,27,28)/t16-,24?,25-/m1/s1. The second-order valence-corrected chi connectivity index (χ2v) is 9.07. The second kappa shape index (κ2) is 8.08. The van der Waals surface area contributed by atoms with Gasteiger partial charge in [0.25, 0.3) is 0 Å². The van der Waals surface area contributed by atoms with Crippen LogP contribution in [0, 0.1) is 18.8 Å². The van der Waals surface area contributed by atoms with Crippen LogP contribution in [0.5, 0.6) is 0 Å². The fraction of sp³-hybridized carbons (Fsp3) is 0.480. The van der Waals surface area contributed by atoms with Crippen molar-refractivity contribution in [3.8, 4) is 0 Å². The molecule has 31 heavy (non-hydrogen) atoms. The van der Waals surface area contributed by atoms with E-state index < -0.39 is 0 Å². The average Bonchev–Trinajstić information content (AvgIpc) is 3.62. The highest BCUT2D eigenvalue weighted by molar-refractivity contribution is 5.94. The molecule has 1 unspecified atom stereocenters. The Morgan fingerprint density at radius 3 is 2.71 bits per heavy atom. The number of aromatic nitrogens is 2. The van der Waals surface area contributed by atoms with Gasteiger partial charge in [-0.15, -0.1) is 0 Å². The Balaban J connectivity index is 1.60. The molecule has 2 aromatic rings. The predicted molar refractivity (Wildman–Crippen MR) is 122 cm³/mol. The molecule has 6 nitrogen and oxygen atoms in total. The normalized spacial score (nSPS) is 25.6. The molecule has 1 aliphatic carbocycles. The number of rotatable bonds is 4. The molecule has 0 radical (unpaired) electrons. The van der Waals surface area contributed by atoms with Crippen molar-refractivity contribution in [2.75, 3.05) is 23.4 Å². The van der Waals surface area contributed by atoms with Gasteiger partial charge >= 0.3 is 0 Å². The van der Waals surface area contributed by atoms with Crippen LogP contribution in [0.4, 0.5) is 11.5 Å². The summed E-state index contributed by atoms with van der Waals surface area (Å²) in [5.74, 6) is 1.72. The second-order valence-electron chi connectivity index (χ2n) is 9.07. The number of ether oxygens (including phenoxy) is 1. The molecule has 3 aliphatic rings. The van der Waals surface area contributed by atoms with Crippen LogP contribution in [0.15, 0.2) is 36.7 Å². The molecule has 1 amide bonds. The summed E-state index contributed by atoms with van der Waals surface area (Å²) in [6, 6.07) is 6.83. The Bertz CT molecular complexity index is 1010. The number of carbonyl (C=O) groups is 1. The Hall–Kier alpha value is -2.73. The minimum absolute atomic E-state index is 0.0635. The summed E-state index contributed by atoms with van der Waals surface area (Å²) in [4.78, 5) is 23.8. The van der Waals surface area contributed by atoms with Crippen molar-refractivity contribution < 1.29 is 9.53 Å². The van der Waals surface area contributed by atoms with E-state index in [-0.39, 0.29) is 23.9 Å². The maximum Gasteiger partial charge on any atom is 0.224 e. The molecular formula is C25H30N4O2. The summed E-state index contributed by atoms with van der Waals surface area (Å²) in [5, 5.41) is 3.66. The van der Waals surface area contributed by atoms with Crippen molar-refractivity contribution in [1.82, 2.24) is 9.97 Å². The molecule has 1 fully saturated rings. The largest absolute Gasteiger partial charge is 0.377 e. The first-order valence-electron chi connectivity index (χ1n) is 11.3. The average molecular weight is 419 g/mol. The fourth-order valence-corrected chi connectivity index (χ4v) is 5.18. The molecule has 1 N–H and O–H groups in total. The van der Waals surface area contributed by atoms with E-state index in [9.17, 15) is 4.79 Å². The van der Waals surface area contributed by atoms with Crippen LogP contribution in [0.2, 0.25) is 0 Å². The van der Waals surface area contributed by atoms with Gasteiger partial charge in [0.2, 0.25) is 5.91 Å². The summed E-state index contributed by atoms with van der Waals surface area (Å²) in [6.07, 6.45) is 9.06. The summed E-state index contributed by atoms with van der Waals surface area (Å²) < 4.78 is 5.50. The number of carbonyl (C=O) groups excluding carboxylic acids is 1. The van der Waals surface area contributed by atoms with Gasteiger partial charge in [-0.1, -0.05) is 19.1 Å². The lowest BCUT2D eigenvalue weighted by Gasteiger charge is -2.46. The van der Waals surface area contributed by atoms with E-state index in [0.29, 0.717) is 12.5 Å². The number of nitrogens with one attached hydrogen (secondary N) is 1. The number of aryl methyl sites for hydroxylation is 1. The maximum atomic E-state index is 12.8. The van der Waals surface area contributed by atoms with E-state index in [1.807, 2.05) is 6.92 Å². The molecule has 5 rings (SSSR count). The minimum Gasteiger partial charge on any atom is -0.377 e. The Kier molecular flexibility index (Phi) is 5.26. The predicted octanol–water partition coefficient (Wildman–Crippen LogP) is 4.52. The van der Waals surface area contributed by atoms with Crippen LogP contribution in [0.25, 0.3) is 5.57 Å². The number of nitrogens with zero attached hydrogens (tertiary/aromatic N) is 3. The first-order valence-corrected chi connectivity index (χ1v) is 11.3. The number of fused-ring (bicyclic) bond motifs is 1. The summed E-state index contributed by atoms with van der Waals surface area (Å²) in [5.41, 5.74) is 5.61. The lowest BCUT2D eigenvalue weighted by Crippen LogP contribution is -2.51. The zero-order chi connectivity index (χ0) is 21.5. The van der Waals surface area contributed by atoms with Gasteiger partial charge < -0.3 is 15.0 Å². The van der Waals surface area contributed by atoms with Crippen molar-refractivity contribution in [1.29, 1.82) is 0 Å². The maximum absolute atomic E-state index is 12.8. The van der Waals surface area contributed by atoms with Gasteiger partial charge in [-0.05, 0) is 60.9 Å². The van der Waals surface area contributed by atoms with Gasteiger partial charge in [-0.25, -0.2) is 4.98 Å². The number of hydrogen-bond donors (Lipinski definition) is 1. The van der Waals surface area contributed by atoms with E-state index in [2.05, 4.69) is 51.4 Å². The topological polar surface area (TPSA) is 67.3 Å². The molecule has 1 saturated carbocycles. The molecule has 0 spiro atoms. The summed E-state index contributed by atoms with van der Waals surface area (Å²) in [6.45, 7) is 7.31. The Morgan fingerprint density at radius 2 is 2.06 bits per heavy atom. The van der Waals surface area contributed by atoms with Crippen molar-refractivity contribution in [3.63, 3.8) is 0 Å². The van der Waals surface area contributed by atoms with Crippen molar-refractivity contribution >= 4 is 23.0 Å². The van der Waals surface area contributed by atoms with E-state index >= 15 is 0 Å². The highest BCUT2D eigenvalue weighted by atomic mass is 16.5. The van der Waals surface area contributed by atoms with Gasteiger partial charge in [0.1, 0.15) is 5.82 Å². The molecule has 2 aliphatic heterocycles. The third-order valence-electron chi connectivity index (χ3n) is 6.85. The quantitative estimate of drug-likeness (QED) is 0.791. The third-order valence-corrected chi connectivity index (χ3v) is 6.85. The van der Waals surface area contributed by atoms with Crippen LogP contribution in [0.1, 0.15) is 56.0 Å². The molecule has 0 saturated heterocycles. The van der Waals surface area contributed by atoms with E-state index in [1.54, 1.807) is 19.3 Å². The molecular weight excluding hydrogens is 388 g/mol. The van der Waals surface area contributed by atoms with Crippen LogP contribution in [0.3, 0.4) is 0 Å². The zero-order valence-electron chi connectivity index (χ0n) is 18.5. The molecule has 6 heteroatoms.